The Morgan fingerprint density at radius 3 is 2.64 bits per heavy atom. The molecular weight excluding hydrogens is 280 g/mol. The third kappa shape index (κ3) is 4.91. The molecule has 1 aliphatic heterocycles. The smallest absolute Gasteiger partial charge is 0.407 e. The summed E-state index contributed by atoms with van der Waals surface area (Å²) < 4.78 is 5.32. The zero-order valence-corrected chi connectivity index (χ0v) is 13.6. The van der Waals surface area contributed by atoms with Gasteiger partial charge in [-0.15, -0.1) is 0 Å². The Morgan fingerprint density at radius 1 is 1.36 bits per heavy atom. The number of rotatable bonds is 3. The van der Waals surface area contributed by atoms with Crippen molar-refractivity contribution in [3.8, 4) is 0 Å². The number of carbonyl (C=O) groups is 1. The average Bonchev–Trinajstić information content (AvgIpc) is 2.45. The molecule has 1 aromatic rings. The van der Waals surface area contributed by atoms with E-state index in [-0.39, 0.29) is 18.7 Å². The van der Waals surface area contributed by atoms with Crippen molar-refractivity contribution < 1.29 is 14.6 Å². The Labute approximate surface area is 132 Å². The van der Waals surface area contributed by atoms with E-state index in [0.29, 0.717) is 0 Å². The first-order valence-corrected chi connectivity index (χ1v) is 7.81. The summed E-state index contributed by atoms with van der Waals surface area (Å²) in [7, 11) is 0. The second kappa shape index (κ2) is 7.01. The molecule has 0 aromatic heterocycles. The number of ether oxygens (including phenoxy) is 1. The van der Waals surface area contributed by atoms with E-state index in [1.807, 2.05) is 45.0 Å². The van der Waals surface area contributed by atoms with Crippen LogP contribution in [0.25, 0.3) is 0 Å². The Balaban J connectivity index is 1.92. The minimum absolute atomic E-state index is 0.0586. The van der Waals surface area contributed by atoms with E-state index >= 15 is 0 Å². The van der Waals surface area contributed by atoms with Gasteiger partial charge in [0.05, 0.1) is 6.61 Å². The summed E-state index contributed by atoms with van der Waals surface area (Å²) in [6, 6.07) is 7.99. The molecule has 1 aromatic carbocycles. The van der Waals surface area contributed by atoms with Gasteiger partial charge >= 0.3 is 6.09 Å². The predicted molar refractivity (Wildman–Crippen MR) is 87.0 cm³/mol. The Morgan fingerprint density at radius 2 is 2.05 bits per heavy atom. The number of nitrogens with zero attached hydrogens (tertiary/aromatic N) is 1. The number of anilines is 1. The highest BCUT2D eigenvalue weighted by molar-refractivity contribution is 5.68. The molecule has 22 heavy (non-hydrogen) atoms. The van der Waals surface area contributed by atoms with E-state index in [1.54, 1.807) is 0 Å². The molecule has 1 aliphatic rings. The molecule has 1 amide bonds. The third-order valence-corrected chi connectivity index (χ3v) is 3.63. The van der Waals surface area contributed by atoms with Crippen LogP contribution in [0, 0.1) is 0 Å². The Bertz CT molecular complexity index is 494. The summed E-state index contributed by atoms with van der Waals surface area (Å²) >= 11 is 0. The average molecular weight is 306 g/mol. The first kappa shape index (κ1) is 16.6. The number of amides is 1. The number of aliphatic hydroxyl groups is 1. The van der Waals surface area contributed by atoms with Gasteiger partial charge in [0, 0.05) is 24.8 Å². The molecule has 5 nitrogen and oxygen atoms in total. The van der Waals surface area contributed by atoms with Crippen LogP contribution in [0.3, 0.4) is 0 Å². The van der Waals surface area contributed by atoms with Gasteiger partial charge in [0.2, 0.25) is 0 Å². The lowest BCUT2D eigenvalue weighted by molar-refractivity contribution is 0.0500. The largest absolute Gasteiger partial charge is 0.444 e. The Kier molecular flexibility index (Phi) is 5.29. The standard InChI is InChI=1S/C17H26N2O3/c1-17(2,3)22-16(21)18-14-5-4-10-19(11-14)15-8-6-13(12-20)7-9-15/h6-9,14,20H,4-5,10-12H2,1-3H3,(H,18,21)/t14-/m1/s1. The van der Waals surface area contributed by atoms with Crippen molar-refractivity contribution in [3.05, 3.63) is 29.8 Å². The summed E-state index contributed by atoms with van der Waals surface area (Å²) in [6.07, 6.45) is 1.64. The maximum atomic E-state index is 11.9. The maximum Gasteiger partial charge on any atom is 0.407 e. The molecule has 2 rings (SSSR count). The number of aliphatic hydroxyl groups excluding tert-OH is 1. The van der Waals surface area contributed by atoms with Crippen molar-refractivity contribution >= 4 is 11.8 Å². The quantitative estimate of drug-likeness (QED) is 0.901. The first-order valence-electron chi connectivity index (χ1n) is 7.81. The molecule has 1 heterocycles. The number of carbonyl (C=O) groups excluding carboxylic acids is 1. The molecule has 0 bridgehead atoms. The third-order valence-electron chi connectivity index (χ3n) is 3.63. The summed E-state index contributed by atoms with van der Waals surface area (Å²) in [5, 5.41) is 12.1. The van der Waals surface area contributed by atoms with Crippen LogP contribution < -0.4 is 10.2 Å². The van der Waals surface area contributed by atoms with E-state index in [0.717, 1.165) is 37.2 Å². The molecule has 0 unspecified atom stereocenters. The fourth-order valence-corrected chi connectivity index (χ4v) is 2.62. The highest BCUT2D eigenvalue weighted by atomic mass is 16.6. The minimum atomic E-state index is -0.474. The summed E-state index contributed by atoms with van der Waals surface area (Å²) in [5.74, 6) is 0. The van der Waals surface area contributed by atoms with Gasteiger partial charge in [-0.2, -0.15) is 0 Å². The molecule has 0 spiro atoms. The van der Waals surface area contributed by atoms with Gasteiger partial charge in [0.15, 0.2) is 0 Å². The highest BCUT2D eigenvalue weighted by Gasteiger charge is 2.24. The zero-order valence-electron chi connectivity index (χ0n) is 13.6. The van der Waals surface area contributed by atoms with E-state index in [9.17, 15) is 4.79 Å². The number of alkyl carbamates (subject to hydrolysis) is 1. The number of benzene rings is 1. The van der Waals surface area contributed by atoms with E-state index in [4.69, 9.17) is 9.84 Å². The monoisotopic (exact) mass is 306 g/mol. The van der Waals surface area contributed by atoms with Crippen LogP contribution in [0.15, 0.2) is 24.3 Å². The molecule has 1 fully saturated rings. The van der Waals surface area contributed by atoms with Crippen LogP contribution in [0.2, 0.25) is 0 Å². The summed E-state index contributed by atoms with van der Waals surface area (Å²) in [6.45, 7) is 7.40. The molecule has 0 radical (unpaired) electrons. The first-order chi connectivity index (χ1) is 10.4. The fourth-order valence-electron chi connectivity index (χ4n) is 2.62. The molecular formula is C17H26N2O3. The number of hydrogen-bond donors (Lipinski definition) is 2. The lowest BCUT2D eigenvalue weighted by atomic mass is 10.0. The van der Waals surface area contributed by atoms with Crippen molar-refractivity contribution in [1.82, 2.24) is 5.32 Å². The predicted octanol–water partition coefficient (Wildman–Crippen LogP) is 2.67. The van der Waals surface area contributed by atoms with E-state index < -0.39 is 5.60 Å². The van der Waals surface area contributed by atoms with Crippen LogP contribution in [-0.4, -0.2) is 35.9 Å². The van der Waals surface area contributed by atoms with Gasteiger partial charge < -0.3 is 20.1 Å². The molecule has 1 atom stereocenters. The molecule has 5 heteroatoms. The summed E-state index contributed by atoms with van der Waals surface area (Å²) in [5.41, 5.74) is 1.55. The van der Waals surface area contributed by atoms with Crippen LogP contribution in [0.5, 0.6) is 0 Å². The fraction of sp³-hybridized carbons (Fsp3) is 0.588. The van der Waals surface area contributed by atoms with Crippen LogP contribution in [-0.2, 0) is 11.3 Å². The minimum Gasteiger partial charge on any atom is -0.444 e. The molecule has 0 aliphatic carbocycles. The van der Waals surface area contributed by atoms with Crippen molar-refractivity contribution in [3.63, 3.8) is 0 Å². The highest BCUT2D eigenvalue weighted by Crippen LogP contribution is 2.21. The number of nitrogens with one attached hydrogen (secondary N) is 1. The molecule has 1 saturated heterocycles. The van der Waals surface area contributed by atoms with E-state index in [2.05, 4.69) is 10.2 Å². The van der Waals surface area contributed by atoms with Crippen molar-refractivity contribution in [1.29, 1.82) is 0 Å². The number of hydrogen-bond acceptors (Lipinski definition) is 4. The Hall–Kier alpha value is -1.75. The second-order valence-corrected chi connectivity index (χ2v) is 6.76. The lowest BCUT2D eigenvalue weighted by Gasteiger charge is -2.35. The second-order valence-electron chi connectivity index (χ2n) is 6.76. The van der Waals surface area contributed by atoms with Gasteiger partial charge in [-0.1, -0.05) is 12.1 Å². The maximum absolute atomic E-state index is 11.9. The molecule has 0 saturated carbocycles. The van der Waals surface area contributed by atoms with Gasteiger partial charge in [-0.25, -0.2) is 4.79 Å². The zero-order chi connectivity index (χ0) is 16.2. The van der Waals surface area contributed by atoms with Gasteiger partial charge in [-0.3, -0.25) is 0 Å². The number of piperidine rings is 1. The summed E-state index contributed by atoms with van der Waals surface area (Å²) in [4.78, 5) is 14.1. The molecule has 122 valence electrons. The van der Waals surface area contributed by atoms with Crippen molar-refractivity contribution in [2.24, 2.45) is 0 Å². The van der Waals surface area contributed by atoms with Crippen LogP contribution >= 0.6 is 0 Å². The lowest BCUT2D eigenvalue weighted by Crippen LogP contribution is -2.49. The van der Waals surface area contributed by atoms with Crippen LogP contribution in [0.4, 0.5) is 10.5 Å². The molecule has 2 N–H and O–H groups in total. The van der Waals surface area contributed by atoms with Crippen molar-refractivity contribution in [2.75, 3.05) is 18.0 Å². The van der Waals surface area contributed by atoms with Gasteiger partial charge in [0.1, 0.15) is 5.60 Å². The van der Waals surface area contributed by atoms with Gasteiger partial charge in [0.25, 0.3) is 0 Å². The van der Waals surface area contributed by atoms with E-state index in [1.165, 1.54) is 0 Å². The topological polar surface area (TPSA) is 61.8 Å². The van der Waals surface area contributed by atoms with Crippen molar-refractivity contribution in [2.45, 2.75) is 51.9 Å². The van der Waals surface area contributed by atoms with Crippen LogP contribution in [0.1, 0.15) is 39.2 Å². The van der Waals surface area contributed by atoms with Gasteiger partial charge in [-0.05, 0) is 51.3 Å². The normalized spacial score (nSPS) is 18.9. The SMILES string of the molecule is CC(C)(C)OC(=O)N[C@@H]1CCCN(c2ccc(CO)cc2)C1.